The first-order chi connectivity index (χ1) is 9.96. The van der Waals surface area contributed by atoms with Crippen molar-refractivity contribution in [3.8, 4) is 0 Å². The van der Waals surface area contributed by atoms with Gasteiger partial charge >= 0.3 is 0 Å². The average Bonchev–Trinajstić information content (AvgIpc) is 2.45. The summed E-state index contributed by atoms with van der Waals surface area (Å²) in [5, 5.41) is 4.08. The fourth-order valence-electron chi connectivity index (χ4n) is 2.23. The van der Waals surface area contributed by atoms with Gasteiger partial charge in [0.1, 0.15) is 0 Å². The van der Waals surface area contributed by atoms with Crippen molar-refractivity contribution in [3.05, 3.63) is 42.1 Å². The highest BCUT2D eigenvalue weighted by molar-refractivity contribution is 5.81. The monoisotopic (exact) mass is 285 g/mol. The Balaban J connectivity index is 1.87. The molecule has 4 heteroatoms. The van der Waals surface area contributed by atoms with Crippen molar-refractivity contribution >= 4 is 16.8 Å². The maximum Gasteiger partial charge on any atom is 0.220 e. The summed E-state index contributed by atoms with van der Waals surface area (Å²) in [6, 6.07) is 10.1. The number of benzene rings is 1. The molecule has 0 bridgehead atoms. The van der Waals surface area contributed by atoms with E-state index < -0.39 is 0 Å². The van der Waals surface area contributed by atoms with Crippen LogP contribution < -0.4 is 11.1 Å². The third-order valence-electron chi connectivity index (χ3n) is 3.43. The Morgan fingerprint density at radius 1 is 1.29 bits per heavy atom. The second-order valence-electron chi connectivity index (χ2n) is 6.08. The Kier molecular flexibility index (Phi) is 4.91. The summed E-state index contributed by atoms with van der Waals surface area (Å²) in [5.41, 5.74) is 7.75. The summed E-state index contributed by atoms with van der Waals surface area (Å²) in [5.74, 6) is 0.0571. The van der Waals surface area contributed by atoms with Crippen LogP contribution in [0, 0.1) is 0 Å². The fourth-order valence-corrected chi connectivity index (χ4v) is 2.23. The van der Waals surface area contributed by atoms with Crippen LogP contribution >= 0.6 is 0 Å². The van der Waals surface area contributed by atoms with Crippen molar-refractivity contribution in [1.82, 2.24) is 10.3 Å². The molecule has 0 unspecified atom stereocenters. The summed E-state index contributed by atoms with van der Waals surface area (Å²) >= 11 is 0. The maximum absolute atomic E-state index is 11.8. The molecule has 1 aromatic carbocycles. The highest BCUT2D eigenvalue weighted by Crippen LogP contribution is 2.16. The Morgan fingerprint density at radius 3 is 2.81 bits per heavy atom. The van der Waals surface area contributed by atoms with Crippen LogP contribution in [0.15, 0.2) is 36.5 Å². The van der Waals surface area contributed by atoms with Crippen LogP contribution in [-0.4, -0.2) is 23.0 Å². The summed E-state index contributed by atoms with van der Waals surface area (Å²) < 4.78 is 0. The number of amides is 1. The third-order valence-corrected chi connectivity index (χ3v) is 3.43. The Bertz CT molecular complexity index is 611. The van der Waals surface area contributed by atoms with Crippen LogP contribution in [0.25, 0.3) is 10.9 Å². The standard InChI is InChI=1S/C17H23N3O/c1-17(2,18)10-8-15(21)19-12-9-14-6-3-5-13-7-4-11-20-16(13)14/h3-7,11H,8-10,12,18H2,1-2H3,(H,19,21). The molecule has 0 spiro atoms. The quantitative estimate of drug-likeness (QED) is 0.856. The van der Waals surface area contributed by atoms with Crippen LogP contribution in [-0.2, 0) is 11.2 Å². The molecule has 0 aliphatic heterocycles. The number of pyridine rings is 1. The number of hydrogen-bond acceptors (Lipinski definition) is 3. The maximum atomic E-state index is 11.8. The van der Waals surface area contributed by atoms with E-state index in [2.05, 4.69) is 16.4 Å². The van der Waals surface area contributed by atoms with Gasteiger partial charge in [0.05, 0.1) is 5.52 Å². The SMILES string of the molecule is CC(C)(N)CCC(=O)NCCc1cccc2cccnc12. The normalized spacial score (nSPS) is 11.6. The van der Waals surface area contributed by atoms with Gasteiger partial charge in [-0.25, -0.2) is 0 Å². The van der Waals surface area contributed by atoms with E-state index in [0.717, 1.165) is 22.9 Å². The Hall–Kier alpha value is -1.94. The van der Waals surface area contributed by atoms with Gasteiger partial charge in [0.25, 0.3) is 0 Å². The largest absolute Gasteiger partial charge is 0.356 e. The number of fused-ring (bicyclic) bond motifs is 1. The second-order valence-corrected chi connectivity index (χ2v) is 6.08. The van der Waals surface area contributed by atoms with E-state index in [1.165, 1.54) is 0 Å². The number of aromatic nitrogens is 1. The average molecular weight is 285 g/mol. The van der Waals surface area contributed by atoms with Crippen LogP contribution in [0.3, 0.4) is 0 Å². The molecule has 0 fully saturated rings. The molecule has 0 aliphatic carbocycles. The summed E-state index contributed by atoms with van der Waals surface area (Å²) in [6.07, 6.45) is 3.74. The molecule has 1 heterocycles. The minimum absolute atomic E-state index is 0.0571. The van der Waals surface area contributed by atoms with Crippen LogP contribution in [0.2, 0.25) is 0 Å². The van der Waals surface area contributed by atoms with E-state index in [1.807, 2.05) is 38.1 Å². The minimum Gasteiger partial charge on any atom is -0.356 e. The van der Waals surface area contributed by atoms with E-state index >= 15 is 0 Å². The molecule has 0 saturated carbocycles. The number of nitrogens with one attached hydrogen (secondary N) is 1. The van der Waals surface area contributed by atoms with Crippen molar-refractivity contribution in [2.75, 3.05) is 6.54 Å². The molecule has 0 aliphatic rings. The second kappa shape index (κ2) is 6.68. The zero-order valence-corrected chi connectivity index (χ0v) is 12.7. The van der Waals surface area contributed by atoms with Gasteiger partial charge in [-0.1, -0.05) is 24.3 Å². The molecule has 1 amide bonds. The predicted octanol–water partition coefficient (Wildman–Crippen LogP) is 2.41. The molecule has 2 rings (SSSR count). The molecular weight excluding hydrogens is 262 g/mol. The van der Waals surface area contributed by atoms with Gasteiger partial charge < -0.3 is 11.1 Å². The molecule has 112 valence electrons. The summed E-state index contributed by atoms with van der Waals surface area (Å²) in [6.45, 7) is 4.49. The predicted molar refractivity (Wildman–Crippen MR) is 86.0 cm³/mol. The van der Waals surface area contributed by atoms with Crippen LogP contribution in [0.5, 0.6) is 0 Å². The lowest BCUT2D eigenvalue weighted by atomic mass is 10.00. The molecule has 4 nitrogen and oxygen atoms in total. The molecule has 21 heavy (non-hydrogen) atoms. The number of carbonyl (C=O) groups is 1. The topological polar surface area (TPSA) is 68.0 Å². The van der Waals surface area contributed by atoms with Crippen molar-refractivity contribution in [2.45, 2.75) is 38.6 Å². The number of para-hydroxylation sites is 1. The molecule has 1 aromatic heterocycles. The van der Waals surface area contributed by atoms with Gasteiger partial charge in [-0.15, -0.1) is 0 Å². The Morgan fingerprint density at radius 2 is 2.05 bits per heavy atom. The van der Waals surface area contributed by atoms with Gasteiger partial charge in [0.2, 0.25) is 5.91 Å². The number of carbonyl (C=O) groups excluding carboxylic acids is 1. The minimum atomic E-state index is -0.295. The Labute approximate surface area is 125 Å². The number of hydrogen-bond donors (Lipinski definition) is 2. The van der Waals surface area contributed by atoms with Gasteiger partial charge in [-0.2, -0.15) is 0 Å². The molecule has 0 radical (unpaired) electrons. The third kappa shape index (κ3) is 4.83. The first-order valence-corrected chi connectivity index (χ1v) is 7.34. The van der Waals surface area contributed by atoms with E-state index in [1.54, 1.807) is 6.20 Å². The lowest BCUT2D eigenvalue weighted by Gasteiger charge is -2.17. The van der Waals surface area contributed by atoms with Crippen molar-refractivity contribution in [3.63, 3.8) is 0 Å². The molecule has 0 atom stereocenters. The van der Waals surface area contributed by atoms with Crippen LogP contribution in [0.1, 0.15) is 32.3 Å². The summed E-state index contributed by atoms with van der Waals surface area (Å²) in [4.78, 5) is 16.2. The lowest BCUT2D eigenvalue weighted by molar-refractivity contribution is -0.121. The van der Waals surface area contributed by atoms with Gasteiger partial charge in [-0.05, 0) is 38.3 Å². The van der Waals surface area contributed by atoms with Crippen molar-refractivity contribution in [1.29, 1.82) is 0 Å². The molecule has 0 saturated heterocycles. The van der Waals surface area contributed by atoms with E-state index in [9.17, 15) is 4.79 Å². The highest BCUT2D eigenvalue weighted by atomic mass is 16.1. The van der Waals surface area contributed by atoms with Crippen molar-refractivity contribution < 1.29 is 4.79 Å². The number of rotatable bonds is 6. The van der Waals surface area contributed by atoms with Gasteiger partial charge in [0.15, 0.2) is 0 Å². The highest BCUT2D eigenvalue weighted by Gasteiger charge is 2.12. The molecule has 3 N–H and O–H groups in total. The first-order valence-electron chi connectivity index (χ1n) is 7.34. The number of nitrogens with two attached hydrogens (primary N) is 1. The van der Waals surface area contributed by atoms with Crippen LogP contribution in [0.4, 0.5) is 0 Å². The summed E-state index contributed by atoms with van der Waals surface area (Å²) in [7, 11) is 0. The molecule has 2 aromatic rings. The van der Waals surface area contributed by atoms with Crippen molar-refractivity contribution in [2.24, 2.45) is 5.73 Å². The van der Waals surface area contributed by atoms with E-state index in [0.29, 0.717) is 19.4 Å². The number of nitrogens with zero attached hydrogens (tertiary/aromatic N) is 1. The lowest BCUT2D eigenvalue weighted by Crippen LogP contribution is -2.34. The van der Waals surface area contributed by atoms with Gasteiger partial charge in [-0.3, -0.25) is 9.78 Å². The van der Waals surface area contributed by atoms with E-state index in [4.69, 9.17) is 5.73 Å². The molecular formula is C17H23N3O. The fraction of sp³-hybridized carbons (Fsp3) is 0.412. The zero-order valence-electron chi connectivity index (χ0n) is 12.7. The van der Waals surface area contributed by atoms with Gasteiger partial charge in [0, 0.05) is 30.1 Å². The zero-order chi connectivity index (χ0) is 15.3. The smallest absolute Gasteiger partial charge is 0.220 e. The first kappa shape index (κ1) is 15.4. The van der Waals surface area contributed by atoms with E-state index in [-0.39, 0.29) is 11.4 Å².